The molecule has 0 aliphatic heterocycles. The van der Waals surface area contributed by atoms with Gasteiger partial charge in [-0.15, -0.1) is 0 Å². The second kappa shape index (κ2) is 11.3. The van der Waals surface area contributed by atoms with Gasteiger partial charge in [-0.05, 0) is 42.2 Å². The van der Waals surface area contributed by atoms with Gasteiger partial charge in [-0.2, -0.15) is 0 Å². The van der Waals surface area contributed by atoms with Gasteiger partial charge in [0.15, 0.2) is 0 Å². The van der Waals surface area contributed by atoms with E-state index in [1.165, 1.54) is 10.6 Å². The van der Waals surface area contributed by atoms with Gasteiger partial charge in [-0.1, -0.05) is 78.3 Å². The van der Waals surface area contributed by atoms with E-state index in [0.29, 0.717) is 30.2 Å². The SMILES string of the molecule is Cc1ccc(Cl)cc1N(CCCC(=O)N(Cc1ccccc1)Cc1ccccc1)S(C)(=O)=O. The van der Waals surface area contributed by atoms with Gasteiger partial charge in [-0.3, -0.25) is 9.10 Å². The first-order chi connectivity index (χ1) is 15.7. The Labute approximate surface area is 201 Å². The second-order valence-corrected chi connectivity index (χ2v) is 10.4. The molecule has 0 saturated carbocycles. The Bertz CT molecular complexity index is 1130. The number of carbonyl (C=O) groups excluding carboxylic acids is 1. The molecular weight excluding hydrogens is 456 g/mol. The Morgan fingerprint density at radius 1 is 0.879 bits per heavy atom. The molecule has 33 heavy (non-hydrogen) atoms. The highest BCUT2D eigenvalue weighted by Gasteiger charge is 2.21. The molecule has 0 bridgehead atoms. The summed E-state index contributed by atoms with van der Waals surface area (Å²) in [7, 11) is -3.52. The summed E-state index contributed by atoms with van der Waals surface area (Å²) >= 11 is 6.11. The normalized spacial score (nSPS) is 11.2. The van der Waals surface area contributed by atoms with E-state index in [2.05, 4.69) is 0 Å². The number of amides is 1. The summed E-state index contributed by atoms with van der Waals surface area (Å²) < 4.78 is 26.3. The summed E-state index contributed by atoms with van der Waals surface area (Å²) in [6, 6.07) is 24.9. The number of carbonyl (C=O) groups is 1. The highest BCUT2D eigenvalue weighted by Crippen LogP contribution is 2.26. The van der Waals surface area contributed by atoms with Crippen molar-refractivity contribution in [3.05, 3.63) is 101 Å². The quantitative estimate of drug-likeness (QED) is 0.386. The largest absolute Gasteiger partial charge is 0.334 e. The van der Waals surface area contributed by atoms with Crippen molar-refractivity contribution in [2.24, 2.45) is 0 Å². The van der Waals surface area contributed by atoms with E-state index in [1.54, 1.807) is 18.2 Å². The highest BCUT2D eigenvalue weighted by atomic mass is 35.5. The smallest absolute Gasteiger partial charge is 0.232 e. The fourth-order valence-electron chi connectivity index (χ4n) is 3.69. The summed E-state index contributed by atoms with van der Waals surface area (Å²) in [6.45, 7) is 3.04. The van der Waals surface area contributed by atoms with Crippen molar-refractivity contribution in [3.8, 4) is 0 Å². The standard InChI is InChI=1S/C26H29ClN2O3S/c1-21-15-16-24(27)18-25(21)29(33(2,31)32)17-9-14-26(30)28(19-22-10-5-3-6-11-22)20-23-12-7-4-8-13-23/h3-8,10-13,15-16,18H,9,14,17,19-20H2,1-2H3. The average Bonchev–Trinajstić information content (AvgIpc) is 2.78. The van der Waals surface area contributed by atoms with Crippen LogP contribution in [0.25, 0.3) is 0 Å². The predicted octanol–water partition coefficient (Wildman–Crippen LogP) is 5.42. The van der Waals surface area contributed by atoms with E-state index in [9.17, 15) is 13.2 Å². The van der Waals surface area contributed by atoms with Gasteiger partial charge >= 0.3 is 0 Å². The van der Waals surface area contributed by atoms with Gasteiger partial charge in [0.2, 0.25) is 15.9 Å². The van der Waals surface area contributed by atoms with E-state index in [0.717, 1.165) is 16.7 Å². The highest BCUT2D eigenvalue weighted by molar-refractivity contribution is 7.92. The molecule has 174 valence electrons. The van der Waals surface area contributed by atoms with Crippen molar-refractivity contribution in [1.82, 2.24) is 4.90 Å². The van der Waals surface area contributed by atoms with Crippen LogP contribution >= 0.6 is 11.6 Å². The second-order valence-electron chi connectivity index (χ2n) is 8.09. The summed E-state index contributed by atoms with van der Waals surface area (Å²) in [6.07, 6.45) is 1.81. The predicted molar refractivity (Wildman–Crippen MR) is 135 cm³/mol. The average molecular weight is 485 g/mol. The van der Waals surface area contributed by atoms with E-state index in [-0.39, 0.29) is 18.9 Å². The Kier molecular flexibility index (Phi) is 8.53. The van der Waals surface area contributed by atoms with Crippen molar-refractivity contribution in [2.45, 2.75) is 32.9 Å². The lowest BCUT2D eigenvalue weighted by atomic mass is 10.1. The molecule has 0 aromatic heterocycles. The van der Waals surface area contributed by atoms with Crippen molar-refractivity contribution < 1.29 is 13.2 Å². The Hall–Kier alpha value is -2.83. The lowest BCUT2D eigenvalue weighted by Crippen LogP contribution is -2.34. The molecule has 7 heteroatoms. The molecule has 0 unspecified atom stereocenters. The van der Waals surface area contributed by atoms with Crippen molar-refractivity contribution in [3.63, 3.8) is 0 Å². The summed E-state index contributed by atoms with van der Waals surface area (Å²) in [5.74, 6) is -0.0148. The number of rotatable bonds is 10. The first-order valence-corrected chi connectivity index (χ1v) is 13.1. The number of aryl methyl sites for hydroxylation is 1. The fourth-order valence-corrected chi connectivity index (χ4v) is 4.87. The zero-order chi connectivity index (χ0) is 23.8. The molecule has 0 radical (unpaired) electrons. The first-order valence-electron chi connectivity index (χ1n) is 10.8. The summed E-state index contributed by atoms with van der Waals surface area (Å²) in [5.41, 5.74) is 3.46. The van der Waals surface area contributed by atoms with Crippen LogP contribution in [0.2, 0.25) is 5.02 Å². The minimum absolute atomic E-state index is 0.0148. The maximum Gasteiger partial charge on any atom is 0.232 e. The number of hydrogen-bond acceptors (Lipinski definition) is 3. The van der Waals surface area contributed by atoms with Crippen LogP contribution in [0.1, 0.15) is 29.5 Å². The minimum atomic E-state index is -3.52. The monoisotopic (exact) mass is 484 g/mol. The van der Waals surface area contributed by atoms with Crippen molar-refractivity contribution >= 4 is 33.2 Å². The molecule has 0 N–H and O–H groups in total. The molecule has 0 aliphatic carbocycles. The number of sulfonamides is 1. The molecule has 0 fully saturated rings. The molecule has 5 nitrogen and oxygen atoms in total. The maximum atomic E-state index is 13.2. The molecular formula is C26H29ClN2O3S. The Morgan fingerprint density at radius 3 is 1.94 bits per heavy atom. The summed E-state index contributed by atoms with van der Waals surface area (Å²) in [4.78, 5) is 15.0. The van der Waals surface area contributed by atoms with Crippen LogP contribution in [0.15, 0.2) is 78.9 Å². The lowest BCUT2D eigenvalue weighted by Gasteiger charge is -2.26. The van der Waals surface area contributed by atoms with Crippen molar-refractivity contribution in [1.29, 1.82) is 0 Å². The van der Waals surface area contributed by atoms with Crippen LogP contribution in [0.5, 0.6) is 0 Å². The molecule has 3 rings (SSSR count). The molecule has 0 aliphatic rings. The van der Waals surface area contributed by atoms with Crippen LogP contribution in [-0.4, -0.2) is 32.0 Å². The molecule has 0 atom stereocenters. The van der Waals surface area contributed by atoms with Gasteiger partial charge in [-0.25, -0.2) is 8.42 Å². The maximum absolute atomic E-state index is 13.2. The van der Waals surface area contributed by atoms with E-state index >= 15 is 0 Å². The van der Waals surface area contributed by atoms with E-state index in [4.69, 9.17) is 11.6 Å². The number of benzene rings is 3. The summed E-state index contributed by atoms with van der Waals surface area (Å²) in [5, 5.41) is 0.470. The van der Waals surface area contributed by atoms with Crippen LogP contribution in [0, 0.1) is 6.92 Å². The number of hydrogen-bond donors (Lipinski definition) is 0. The number of halogens is 1. The Morgan fingerprint density at radius 2 is 1.42 bits per heavy atom. The molecule has 1 amide bonds. The molecule has 3 aromatic carbocycles. The third-order valence-corrected chi connectivity index (χ3v) is 6.79. The molecule has 0 saturated heterocycles. The Balaban J connectivity index is 1.72. The van der Waals surface area contributed by atoms with Gasteiger partial charge in [0, 0.05) is 31.1 Å². The van der Waals surface area contributed by atoms with Crippen LogP contribution in [0.3, 0.4) is 0 Å². The van der Waals surface area contributed by atoms with E-state index < -0.39 is 10.0 Å². The first kappa shape index (κ1) is 24.8. The van der Waals surface area contributed by atoms with Crippen LogP contribution in [-0.2, 0) is 27.9 Å². The van der Waals surface area contributed by atoms with Crippen molar-refractivity contribution in [2.75, 3.05) is 17.1 Å². The zero-order valence-corrected chi connectivity index (χ0v) is 20.5. The van der Waals surface area contributed by atoms with Crippen LogP contribution in [0.4, 0.5) is 5.69 Å². The lowest BCUT2D eigenvalue weighted by molar-refractivity contribution is -0.132. The topological polar surface area (TPSA) is 57.7 Å². The van der Waals surface area contributed by atoms with Gasteiger partial charge in [0.1, 0.15) is 0 Å². The third-order valence-electron chi connectivity index (χ3n) is 5.38. The van der Waals surface area contributed by atoms with Gasteiger partial charge in [0.25, 0.3) is 0 Å². The zero-order valence-electron chi connectivity index (χ0n) is 18.9. The number of nitrogens with zero attached hydrogens (tertiary/aromatic N) is 2. The molecule has 3 aromatic rings. The minimum Gasteiger partial charge on any atom is -0.334 e. The van der Waals surface area contributed by atoms with E-state index in [1.807, 2.05) is 72.5 Å². The van der Waals surface area contributed by atoms with Gasteiger partial charge in [0.05, 0.1) is 11.9 Å². The van der Waals surface area contributed by atoms with Gasteiger partial charge < -0.3 is 4.90 Å². The number of anilines is 1. The molecule has 0 spiro atoms. The third kappa shape index (κ3) is 7.34. The fraction of sp³-hybridized carbons (Fsp3) is 0.269. The molecule has 0 heterocycles. The van der Waals surface area contributed by atoms with Crippen LogP contribution < -0.4 is 4.31 Å².